The van der Waals surface area contributed by atoms with E-state index in [-0.39, 0.29) is 18.3 Å². The van der Waals surface area contributed by atoms with Crippen molar-refractivity contribution in [3.05, 3.63) is 29.3 Å². The van der Waals surface area contributed by atoms with E-state index in [1.54, 1.807) is 19.2 Å². The van der Waals surface area contributed by atoms with Gasteiger partial charge in [-0.3, -0.25) is 9.59 Å². The van der Waals surface area contributed by atoms with Crippen molar-refractivity contribution in [3.8, 4) is 5.75 Å². The van der Waals surface area contributed by atoms with Crippen molar-refractivity contribution in [1.29, 1.82) is 0 Å². The number of carbonyl (C=O) groups excluding carboxylic acids is 2. The number of hydrogen-bond donors (Lipinski definition) is 1. The van der Waals surface area contributed by atoms with E-state index < -0.39 is 0 Å². The Bertz CT molecular complexity index is 454. The summed E-state index contributed by atoms with van der Waals surface area (Å²) >= 11 is 0. The monoisotopic (exact) mass is 233 g/mol. The van der Waals surface area contributed by atoms with E-state index in [0.29, 0.717) is 12.2 Å². The fourth-order valence-corrected chi connectivity index (χ4v) is 1.92. The number of ether oxygens (including phenoxy) is 1. The van der Waals surface area contributed by atoms with Crippen molar-refractivity contribution in [2.45, 2.75) is 19.3 Å². The van der Waals surface area contributed by atoms with Crippen LogP contribution in [0.3, 0.4) is 0 Å². The van der Waals surface area contributed by atoms with Gasteiger partial charge in [0.05, 0.1) is 0 Å². The zero-order valence-corrected chi connectivity index (χ0v) is 9.79. The Morgan fingerprint density at radius 2 is 2.24 bits per heavy atom. The summed E-state index contributed by atoms with van der Waals surface area (Å²) in [5.41, 5.74) is 1.82. The highest BCUT2D eigenvalue weighted by Crippen LogP contribution is 2.25. The summed E-state index contributed by atoms with van der Waals surface area (Å²) in [7, 11) is 1.56. The first-order chi connectivity index (χ1) is 8.20. The number of nitrogens with one attached hydrogen (secondary N) is 1. The third-order valence-electron chi connectivity index (χ3n) is 2.88. The number of amides is 1. The van der Waals surface area contributed by atoms with Crippen LogP contribution < -0.4 is 10.1 Å². The van der Waals surface area contributed by atoms with Crippen LogP contribution in [0.1, 0.15) is 28.8 Å². The van der Waals surface area contributed by atoms with Crippen molar-refractivity contribution in [1.82, 2.24) is 5.32 Å². The molecule has 0 aromatic heterocycles. The molecule has 0 fully saturated rings. The van der Waals surface area contributed by atoms with Crippen LogP contribution in [0, 0.1) is 0 Å². The smallest absolute Gasteiger partial charge is 0.257 e. The van der Waals surface area contributed by atoms with Crippen LogP contribution in [0.25, 0.3) is 0 Å². The van der Waals surface area contributed by atoms with Crippen LogP contribution >= 0.6 is 0 Å². The first-order valence-corrected chi connectivity index (χ1v) is 5.70. The quantitative estimate of drug-likeness (QED) is 0.857. The van der Waals surface area contributed by atoms with E-state index in [0.717, 1.165) is 24.0 Å². The lowest BCUT2D eigenvalue weighted by molar-refractivity contribution is -0.122. The lowest BCUT2D eigenvalue weighted by atomic mass is 9.90. The van der Waals surface area contributed by atoms with E-state index in [2.05, 4.69) is 5.32 Å². The number of rotatable bonds is 3. The highest BCUT2D eigenvalue weighted by Gasteiger charge is 2.17. The van der Waals surface area contributed by atoms with Gasteiger partial charge in [0.2, 0.25) is 0 Å². The number of aryl methyl sites for hydroxylation is 1. The zero-order chi connectivity index (χ0) is 12.3. The molecule has 0 heterocycles. The fourth-order valence-electron chi connectivity index (χ4n) is 1.92. The van der Waals surface area contributed by atoms with Crippen molar-refractivity contribution >= 4 is 11.7 Å². The maximum atomic E-state index is 11.7. The van der Waals surface area contributed by atoms with Crippen LogP contribution in [0.15, 0.2) is 18.2 Å². The number of likely N-dealkylation sites (N-methyl/N-ethyl adjacent to an activating group) is 1. The Morgan fingerprint density at radius 3 is 3.00 bits per heavy atom. The molecule has 1 amide bonds. The minimum Gasteiger partial charge on any atom is -0.484 e. The molecule has 0 bridgehead atoms. The van der Waals surface area contributed by atoms with Crippen molar-refractivity contribution in [3.63, 3.8) is 0 Å². The van der Waals surface area contributed by atoms with Gasteiger partial charge in [0.1, 0.15) is 5.75 Å². The molecule has 90 valence electrons. The van der Waals surface area contributed by atoms with Gasteiger partial charge in [0, 0.05) is 19.0 Å². The molecule has 0 radical (unpaired) electrons. The molecule has 0 unspecified atom stereocenters. The molecule has 17 heavy (non-hydrogen) atoms. The summed E-state index contributed by atoms with van der Waals surface area (Å²) in [5.74, 6) is 0.549. The topological polar surface area (TPSA) is 55.4 Å². The van der Waals surface area contributed by atoms with Crippen LogP contribution in [0.2, 0.25) is 0 Å². The number of benzene rings is 1. The van der Waals surface area contributed by atoms with Gasteiger partial charge in [-0.25, -0.2) is 0 Å². The summed E-state index contributed by atoms with van der Waals surface area (Å²) in [4.78, 5) is 22.7. The SMILES string of the molecule is CNC(=O)COc1ccc2c(c1)C(=O)CCC2. The van der Waals surface area contributed by atoms with Gasteiger partial charge >= 0.3 is 0 Å². The van der Waals surface area contributed by atoms with Crippen LogP contribution in [-0.4, -0.2) is 25.3 Å². The van der Waals surface area contributed by atoms with E-state index in [1.165, 1.54) is 0 Å². The molecular formula is C13H15NO3. The van der Waals surface area contributed by atoms with Crippen molar-refractivity contribution in [2.24, 2.45) is 0 Å². The summed E-state index contributed by atoms with van der Waals surface area (Å²) < 4.78 is 5.31. The largest absolute Gasteiger partial charge is 0.484 e. The lowest BCUT2D eigenvalue weighted by Crippen LogP contribution is -2.25. The standard InChI is InChI=1S/C13H15NO3/c1-14-13(16)8-17-10-6-5-9-3-2-4-12(15)11(9)7-10/h5-7H,2-4,8H2,1H3,(H,14,16). The first kappa shape index (κ1) is 11.6. The average Bonchev–Trinajstić information content (AvgIpc) is 2.36. The Labute approximate surface area is 100.0 Å². The zero-order valence-electron chi connectivity index (χ0n) is 9.79. The first-order valence-electron chi connectivity index (χ1n) is 5.70. The van der Waals surface area contributed by atoms with E-state index >= 15 is 0 Å². The van der Waals surface area contributed by atoms with E-state index in [4.69, 9.17) is 4.74 Å². The molecule has 0 spiro atoms. The molecule has 1 N–H and O–H groups in total. The van der Waals surface area contributed by atoms with Gasteiger partial charge < -0.3 is 10.1 Å². The van der Waals surface area contributed by atoms with Crippen LogP contribution in [0.4, 0.5) is 0 Å². The number of carbonyl (C=O) groups is 2. The van der Waals surface area contributed by atoms with Gasteiger partial charge in [0.15, 0.2) is 12.4 Å². The Hall–Kier alpha value is -1.84. The predicted octanol–water partition coefficient (Wildman–Crippen LogP) is 1.33. The molecular weight excluding hydrogens is 218 g/mol. The third kappa shape index (κ3) is 2.64. The summed E-state index contributed by atoms with van der Waals surface area (Å²) in [6.45, 7) is -0.0243. The predicted molar refractivity (Wildman–Crippen MR) is 63.3 cm³/mol. The Morgan fingerprint density at radius 1 is 1.41 bits per heavy atom. The van der Waals surface area contributed by atoms with Crippen LogP contribution in [0.5, 0.6) is 5.75 Å². The maximum Gasteiger partial charge on any atom is 0.257 e. The molecule has 4 nitrogen and oxygen atoms in total. The van der Waals surface area contributed by atoms with E-state index in [1.807, 2.05) is 6.07 Å². The molecule has 0 saturated heterocycles. The lowest BCUT2D eigenvalue weighted by Gasteiger charge is -2.15. The average molecular weight is 233 g/mol. The molecule has 0 atom stereocenters. The molecule has 1 aromatic carbocycles. The summed E-state index contributed by atoms with van der Waals surface area (Å²) in [6, 6.07) is 5.45. The fraction of sp³-hybridized carbons (Fsp3) is 0.385. The normalized spacial score (nSPS) is 14.1. The molecule has 1 aromatic rings. The van der Waals surface area contributed by atoms with Crippen LogP contribution in [-0.2, 0) is 11.2 Å². The Balaban J connectivity index is 2.12. The number of hydrogen-bond acceptors (Lipinski definition) is 3. The molecule has 4 heteroatoms. The molecule has 1 aliphatic carbocycles. The van der Waals surface area contributed by atoms with Crippen molar-refractivity contribution < 1.29 is 14.3 Å². The second-order valence-corrected chi connectivity index (χ2v) is 4.06. The highest BCUT2D eigenvalue weighted by atomic mass is 16.5. The van der Waals surface area contributed by atoms with E-state index in [9.17, 15) is 9.59 Å². The van der Waals surface area contributed by atoms with Gasteiger partial charge in [-0.2, -0.15) is 0 Å². The maximum absolute atomic E-state index is 11.7. The second kappa shape index (κ2) is 4.99. The second-order valence-electron chi connectivity index (χ2n) is 4.06. The van der Waals surface area contributed by atoms with Gasteiger partial charge in [-0.15, -0.1) is 0 Å². The minimum atomic E-state index is -0.186. The molecule has 0 saturated carbocycles. The number of Topliss-reactive ketones (excluding diaryl/α,β-unsaturated/α-hetero) is 1. The van der Waals surface area contributed by atoms with Gasteiger partial charge in [0.25, 0.3) is 5.91 Å². The molecule has 2 rings (SSSR count). The Kier molecular flexibility index (Phi) is 3.42. The molecule has 1 aliphatic rings. The number of fused-ring (bicyclic) bond motifs is 1. The highest BCUT2D eigenvalue weighted by molar-refractivity contribution is 5.98. The van der Waals surface area contributed by atoms with Gasteiger partial charge in [-0.1, -0.05) is 6.07 Å². The third-order valence-corrected chi connectivity index (χ3v) is 2.88. The minimum absolute atomic E-state index is 0.0243. The molecule has 0 aliphatic heterocycles. The summed E-state index contributed by atoms with van der Waals surface area (Å²) in [6.07, 6.45) is 2.47. The van der Waals surface area contributed by atoms with Crippen molar-refractivity contribution in [2.75, 3.05) is 13.7 Å². The number of ketones is 1. The summed E-state index contributed by atoms with van der Waals surface area (Å²) in [5, 5.41) is 2.48. The van der Waals surface area contributed by atoms with Gasteiger partial charge in [-0.05, 0) is 30.5 Å².